The summed E-state index contributed by atoms with van der Waals surface area (Å²) in [5, 5.41) is 11.3. The van der Waals surface area contributed by atoms with E-state index < -0.39 is 0 Å². The van der Waals surface area contributed by atoms with Gasteiger partial charge in [0.05, 0.1) is 0 Å². The lowest BCUT2D eigenvalue weighted by Crippen LogP contribution is -2.36. The van der Waals surface area contributed by atoms with Gasteiger partial charge in [0, 0.05) is 25.7 Å². The summed E-state index contributed by atoms with van der Waals surface area (Å²) in [6, 6.07) is 0.147. The first-order valence-corrected chi connectivity index (χ1v) is 3.91. The maximum atomic E-state index is 11.0. The number of aliphatic hydroxyl groups is 1. The van der Waals surface area contributed by atoms with Gasteiger partial charge in [0.1, 0.15) is 0 Å². The first kappa shape index (κ1) is 8.33. The SMILES string of the molecule is CC(CCO)N1CCNC1=O. The Kier molecular flexibility index (Phi) is 2.70. The summed E-state index contributed by atoms with van der Waals surface area (Å²) >= 11 is 0. The van der Waals surface area contributed by atoms with E-state index in [-0.39, 0.29) is 18.7 Å². The molecular formula is C7H14N2O2. The largest absolute Gasteiger partial charge is 0.396 e. The monoisotopic (exact) mass is 158 g/mol. The summed E-state index contributed by atoms with van der Waals surface area (Å²) < 4.78 is 0. The lowest BCUT2D eigenvalue weighted by molar-refractivity contribution is 0.184. The Hall–Kier alpha value is -0.770. The van der Waals surface area contributed by atoms with Crippen molar-refractivity contribution in [3.63, 3.8) is 0 Å². The van der Waals surface area contributed by atoms with Gasteiger partial charge in [-0.25, -0.2) is 4.79 Å². The fourth-order valence-corrected chi connectivity index (χ4v) is 1.25. The van der Waals surface area contributed by atoms with Crippen molar-refractivity contribution in [3.05, 3.63) is 0 Å². The van der Waals surface area contributed by atoms with Crippen LogP contribution in [-0.2, 0) is 0 Å². The molecule has 1 fully saturated rings. The molecular weight excluding hydrogens is 144 g/mol. The van der Waals surface area contributed by atoms with E-state index in [1.165, 1.54) is 0 Å². The van der Waals surface area contributed by atoms with E-state index in [4.69, 9.17) is 5.11 Å². The van der Waals surface area contributed by atoms with Gasteiger partial charge in [-0.2, -0.15) is 0 Å². The van der Waals surface area contributed by atoms with Crippen LogP contribution in [-0.4, -0.2) is 41.8 Å². The van der Waals surface area contributed by atoms with Crippen LogP contribution >= 0.6 is 0 Å². The van der Waals surface area contributed by atoms with Crippen molar-refractivity contribution in [2.45, 2.75) is 19.4 Å². The van der Waals surface area contributed by atoms with Crippen molar-refractivity contribution in [1.82, 2.24) is 10.2 Å². The third-order valence-corrected chi connectivity index (χ3v) is 1.97. The molecule has 2 N–H and O–H groups in total. The summed E-state index contributed by atoms with van der Waals surface area (Å²) in [5.74, 6) is 0. The smallest absolute Gasteiger partial charge is 0.317 e. The third-order valence-electron chi connectivity index (χ3n) is 1.97. The van der Waals surface area contributed by atoms with Crippen LogP contribution in [0, 0.1) is 0 Å². The van der Waals surface area contributed by atoms with Crippen molar-refractivity contribution in [3.8, 4) is 0 Å². The fraction of sp³-hybridized carbons (Fsp3) is 0.857. The summed E-state index contributed by atoms with van der Waals surface area (Å²) in [6.45, 7) is 3.58. The zero-order valence-corrected chi connectivity index (χ0v) is 6.71. The molecule has 0 aromatic rings. The molecule has 1 heterocycles. The quantitative estimate of drug-likeness (QED) is 0.596. The predicted molar refractivity (Wildman–Crippen MR) is 41.3 cm³/mol. The molecule has 1 unspecified atom stereocenters. The molecule has 0 radical (unpaired) electrons. The van der Waals surface area contributed by atoms with Crippen molar-refractivity contribution in [1.29, 1.82) is 0 Å². The maximum Gasteiger partial charge on any atom is 0.317 e. The van der Waals surface area contributed by atoms with Gasteiger partial charge in [0.2, 0.25) is 0 Å². The first-order valence-electron chi connectivity index (χ1n) is 3.91. The number of nitrogens with zero attached hydrogens (tertiary/aromatic N) is 1. The normalized spacial score (nSPS) is 20.2. The van der Waals surface area contributed by atoms with E-state index in [1.54, 1.807) is 4.90 Å². The van der Waals surface area contributed by atoms with Crippen LogP contribution < -0.4 is 5.32 Å². The highest BCUT2D eigenvalue weighted by molar-refractivity contribution is 5.76. The average molecular weight is 158 g/mol. The second-order valence-electron chi connectivity index (χ2n) is 2.79. The number of amides is 2. The number of nitrogens with one attached hydrogen (secondary N) is 1. The van der Waals surface area contributed by atoms with Gasteiger partial charge in [-0.05, 0) is 13.3 Å². The zero-order chi connectivity index (χ0) is 8.27. The van der Waals surface area contributed by atoms with E-state index in [1.807, 2.05) is 6.92 Å². The van der Waals surface area contributed by atoms with Crippen LogP contribution in [0.4, 0.5) is 4.79 Å². The molecule has 1 rings (SSSR count). The minimum atomic E-state index is -0.00838. The number of hydrogen-bond acceptors (Lipinski definition) is 2. The Bertz CT molecular complexity index is 149. The summed E-state index contributed by atoms with van der Waals surface area (Å²) in [5.41, 5.74) is 0. The van der Waals surface area contributed by atoms with Crippen molar-refractivity contribution in [2.24, 2.45) is 0 Å². The molecule has 11 heavy (non-hydrogen) atoms. The van der Waals surface area contributed by atoms with Crippen LogP contribution in [0.1, 0.15) is 13.3 Å². The van der Waals surface area contributed by atoms with E-state index in [0.29, 0.717) is 6.42 Å². The van der Waals surface area contributed by atoms with Crippen LogP contribution in [0.5, 0.6) is 0 Å². The van der Waals surface area contributed by atoms with Gasteiger partial charge in [-0.15, -0.1) is 0 Å². The minimum Gasteiger partial charge on any atom is -0.396 e. The Balaban J connectivity index is 2.39. The molecule has 1 atom stereocenters. The number of carbonyl (C=O) groups excluding carboxylic acids is 1. The molecule has 0 bridgehead atoms. The Labute approximate surface area is 66.2 Å². The third kappa shape index (κ3) is 1.83. The summed E-state index contributed by atoms with van der Waals surface area (Å²) in [4.78, 5) is 12.8. The van der Waals surface area contributed by atoms with E-state index >= 15 is 0 Å². The molecule has 1 aliphatic heterocycles. The van der Waals surface area contributed by atoms with Gasteiger partial charge in [-0.1, -0.05) is 0 Å². The molecule has 0 aromatic heterocycles. The van der Waals surface area contributed by atoms with E-state index in [0.717, 1.165) is 13.1 Å². The van der Waals surface area contributed by atoms with Gasteiger partial charge >= 0.3 is 6.03 Å². The van der Waals surface area contributed by atoms with Crippen LogP contribution in [0.3, 0.4) is 0 Å². The fourth-order valence-electron chi connectivity index (χ4n) is 1.25. The maximum absolute atomic E-state index is 11.0. The second kappa shape index (κ2) is 3.57. The van der Waals surface area contributed by atoms with Crippen LogP contribution in [0.25, 0.3) is 0 Å². The van der Waals surface area contributed by atoms with Crippen molar-refractivity contribution in [2.75, 3.05) is 19.7 Å². The van der Waals surface area contributed by atoms with Gasteiger partial charge in [0.15, 0.2) is 0 Å². The number of hydrogen-bond donors (Lipinski definition) is 2. The predicted octanol–water partition coefficient (Wildman–Crippen LogP) is -0.217. The topological polar surface area (TPSA) is 52.6 Å². The molecule has 1 aliphatic rings. The first-order chi connectivity index (χ1) is 5.25. The highest BCUT2D eigenvalue weighted by Gasteiger charge is 2.23. The van der Waals surface area contributed by atoms with Gasteiger partial charge < -0.3 is 15.3 Å². The number of urea groups is 1. The molecule has 4 heteroatoms. The van der Waals surface area contributed by atoms with E-state index in [9.17, 15) is 4.79 Å². The number of rotatable bonds is 3. The molecule has 0 saturated carbocycles. The Morgan fingerprint density at radius 3 is 3.00 bits per heavy atom. The Morgan fingerprint density at radius 2 is 2.55 bits per heavy atom. The van der Waals surface area contributed by atoms with Crippen molar-refractivity contribution < 1.29 is 9.90 Å². The minimum absolute atomic E-state index is 0.00838. The zero-order valence-electron chi connectivity index (χ0n) is 6.71. The highest BCUT2D eigenvalue weighted by Crippen LogP contribution is 2.06. The second-order valence-corrected chi connectivity index (χ2v) is 2.79. The van der Waals surface area contributed by atoms with E-state index in [2.05, 4.69) is 5.32 Å². The van der Waals surface area contributed by atoms with Crippen molar-refractivity contribution >= 4 is 6.03 Å². The Morgan fingerprint density at radius 1 is 1.82 bits per heavy atom. The lowest BCUT2D eigenvalue weighted by Gasteiger charge is -2.21. The standard InChI is InChI=1S/C7H14N2O2/c1-6(2-5-10)9-4-3-8-7(9)11/h6,10H,2-5H2,1H3,(H,8,11). The molecule has 2 amide bonds. The molecule has 0 aromatic carbocycles. The molecule has 64 valence electrons. The number of carbonyl (C=O) groups is 1. The summed E-state index contributed by atoms with van der Waals surface area (Å²) in [7, 11) is 0. The summed E-state index contributed by atoms with van der Waals surface area (Å²) in [6.07, 6.45) is 0.660. The highest BCUT2D eigenvalue weighted by atomic mass is 16.3. The molecule has 1 saturated heterocycles. The lowest BCUT2D eigenvalue weighted by atomic mass is 10.2. The van der Waals surface area contributed by atoms with Gasteiger partial charge in [0.25, 0.3) is 0 Å². The van der Waals surface area contributed by atoms with Gasteiger partial charge in [-0.3, -0.25) is 0 Å². The average Bonchev–Trinajstić information content (AvgIpc) is 2.36. The molecule has 4 nitrogen and oxygen atoms in total. The molecule has 0 aliphatic carbocycles. The van der Waals surface area contributed by atoms with Crippen LogP contribution in [0.2, 0.25) is 0 Å². The number of aliphatic hydroxyl groups excluding tert-OH is 1. The van der Waals surface area contributed by atoms with Crippen LogP contribution in [0.15, 0.2) is 0 Å². The molecule has 0 spiro atoms.